The van der Waals surface area contributed by atoms with E-state index >= 15 is 0 Å². The fourth-order valence-corrected chi connectivity index (χ4v) is 9.29. The SMILES string of the molecule is [Pt+2].[c-]1c(Sc2[c-]c3c(cc2)c2ccccc2n3-c2cc(-c3c(-c4ccccc4)cccc3-c3ccccc3)ccn2)cccc1N1CN(c2ccccc2)c2ccccc21. The second-order valence-corrected chi connectivity index (χ2v) is 15.7. The summed E-state index contributed by atoms with van der Waals surface area (Å²) in [5.41, 5.74) is 13.6. The molecule has 0 amide bonds. The summed E-state index contributed by atoms with van der Waals surface area (Å²) >= 11 is 1.68. The Balaban J connectivity index is 0.00000433. The Morgan fingerprint density at radius 3 is 1.83 bits per heavy atom. The summed E-state index contributed by atoms with van der Waals surface area (Å²) in [6, 6.07) is 78.5. The van der Waals surface area contributed by atoms with Crippen molar-refractivity contribution in [3.63, 3.8) is 0 Å². The van der Waals surface area contributed by atoms with E-state index in [-0.39, 0.29) is 21.1 Å². The van der Waals surface area contributed by atoms with Crippen LogP contribution in [0.25, 0.3) is 61.0 Å². The fraction of sp³-hybridized carbons (Fsp3) is 0.0185. The molecule has 2 aromatic heterocycles. The maximum absolute atomic E-state index is 5.05. The van der Waals surface area contributed by atoms with Crippen LogP contribution in [0.5, 0.6) is 0 Å². The predicted molar refractivity (Wildman–Crippen MR) is 245 cm³/mol. The van der Waals surface area contributed by atoms with Crippen molar-refractivity contribution in [1.29, 1.82) is 0 Å². The monoisotopic (exact) mass is 967 g/mol. The molecule has 0 saturated carbocycles. The Labute approximate surface area is 368 Å². The number of hydrogen-bond donors (Lipinski definition) is 0. The molecular weight excluding hydrogens is 932 g/mol. The summed E-state index contributed by atoms with van der Waals surface area (Å²) < 4.78 is 2.27. The van der Waals surface area contributed by atoms with Crippen LogP contribution < -0.4 is 9.80 Å². The second-order valence-electron chi connectivity index (χ2n) is 14.6. The van der Waals surface area contributed by atoms with Gasteiger partial charge in [0.2, 0.25) is 0 Å². The van der Waals surface area contributed by atoms with Crippen LogP contribution in [0.4, 0.5) is 22.7 Å². The van der Waals surface area contributed by atoms with Crippen LogP contribution in [-0.4, -0.2) is 16.2 Å². The molecule has 0 fully saturated rings. The fourth-order valence-electron chi connectivity index (χ4n) is 8.47. The van der Waals surface area contributed by atoms with Crippen molar-refractivity contribution in [2.24, 2.45) is 0 Å². The minimum Gasteiger partial charge on any atom is -0.345 e. The van der Waals surface area contributed by atoms with E-state index in [0.717, 1.165) is 43.3 Å². The van der Waals surface area contributed by atoms with Crippen LogP contribution in [0.15, 0.2) is 216 Å². The van der Waals surface area contributed by atoms with E-state index in [4.69, 9.17) is 4.98 Å². The van der Waals surface area contributed by atoms with Crippen LogP contribution in [0.3, 0.4) is 0 Å². The van der Waals surface area contributed by atoms with E-state index in [2.05, 4.69) is 227 Å². The van der Waals surface area contributed by atoms with Gasteiger partial charge in [0.05, 0.1) is 18.0 Å². The minimum atomic E-state index is 0. The zero-order valence-electron chi connectivity index (χ0n) is 32.4. The normalized spacial score (nSPS) is 12.1. The summed E-state index contributed by atoms with van der Waals surface area (Å²) in [4.78, 5) is 11.8. The van der Waals surface area contributed by atoms with Gasteiger partial charge in [-0.2, -0.15) is 24.3 Å². The maximum atomic E-state index is 5.05. The molecule has 0 N–H and O–H groups in total. The molecule has 11 rings (SSSR count). The van der Waals surface area contributed by atoms with Gasteiger partial charge in [-0.1, -0.05) is 139 Å². The van der Waals surface area contributed by atoms with Gasteiger partial charge in [0.1, 0.15) is 5.82 Å². The molecule has 10 aromatic rings. The smallest absolute Gasteiger partial charge is 0.345 e. The summed E-state index contributed by atoms with van der Waals surface area (Å²) in [5.74, 6) is 0.846. The third-order valence-corrected chi connectivity index (χ3v) is 12.0. The molecule has 6 heteroatoms. The topological polar surface area (TPSA) is 24.3 Å². The molecule has 0 saturated heterocycles. The van der Waals surface area contributed by atoms with Gasteiger partial charge in [0.25, 0.3) is 0 Å². The first-order valence-electron chi connectivity index (χ1n) is 19.8. The van der Waals surface area contributed by atoms with Gasteiger partial charge in [-0.05, 0) is 81.2 Å². The summed E-state index contributed by atoms with van der Waals surface area (Å²) in [6.07, 6.45) is 1.94. The van der Waals surface area contributed by atoms with Crippen LogP contribution in [0.1, 0.15) is 0 Å². The largest absolute Gasteiger partial charge is 2.00 e. The van der Waals surface area contributed by atoms with Crippen molar-refractivity contribution in [3.05, 3.63) is 219 Å². The Hall–Kier alpha value is -6.65. The van der Waals surface area contributed by atoms with Crippen molar-refractivity contribution in [2.45, 2.75) is 9.79 Å². The number of benzene rings is 8. The number of hydrogen-bond acceptors (Lipinski definition) is 4. The number of pyridine rings is 1. The molecule has 0 spiro atoms. The average Bonchev–Trinajstić information content (AvgIpc) is 3.86. The van der Waals surface area contributed by atoms with E-state index in [9.17, 15) is 0 Å². The molecule has 1 aliphatic heterocycles. The minimum absolute atomic E-state index is 0. The van der Waals surface area contributed by atoms with E-state index in [0.29, 0.717) is 6.67 Å². The Morgan fingerprint density at radius 1 is 0.483 bits per heavy atom. The summed E-state index contributed by atoms with van der Waals surface area (Å²) in [5, 5.41) is 2.31. The van der Waals surface area contributed by atoms with Gasteiger partial charge < -0.3 is 14.4 Å². The van der Waals surface area contributed by atoms with Crippen molar-refractivity contribution < 1.29 is 21.1 Å². The van der Waals surface area contributed by atoms with Gasteiger partial charge >= 0.3 is 21.1 Å². The Kier molecular flexibility index (Phi) is 10.1. The molecule has 1 aliphatic rings. The molecule has 60 heavy (non-hydrogen) atoms. The van der Waals surface area contributed by atoms with Crippen LogP contribution in [0, 0.1) is 12.1 Å². The molecule has 0 unspecified atom stereocenters. The average molecular weight is 968 g/mol. The standard InChI is InChI=1S/C54H36N4S.Pt/c1-4-16-38(17-5-1)45-25-15-26-46(39-18-6-2-7-19-39)54(45)40-32-33-55-53(34-40)58-49-27-11-10-24-47(49)48-31-30-44(36-52(48)58)59-43-23-14-22-42(35-43)57-37-56(41-20-8-3-9-21-41)50-28-12-13-29-51(50)57;/h1-34H,37H2;/q-2;+2. The summed E-state index contributed by atoms with van der Waals surface area (Å²) in [7, 11) is 0. The van der Waals surface area contributed by atoms with Gasteiger partial charge in [-0.3, -0.25) is 0 Å². The Bertz CT molecular complexity index is 3070. The molecular formula is C54H36N4PtS. The molecule has 0 bridgehead atoms. The van der Waals surface area contributed by atoms with Crippen LogP contribution in [0.2, 0.25) is 0 Å². The van der Waals surface area contributed by atoms with E-state index in [1.165, 1.54) is 50.3 Å². The van der Waals surface area contributed by atoms with Gasteiger partial charge in [-0.15, -0.1) is 45.1 Å². The molecule has 3 heterocycles. The number of nitrogens with zero attached hydrogens (tertiary/aromatic N) is 4. The first-order valence-corrected chi connectivity index (χ1v) is 20.6. The van der Waals surface area contributed by atoms with Crippen LogP contribution >= 0.6 is 11.8 Å². The molecule has 288 valence electrons. The first kappa shape index (κ1) is 37.6. The van der Waals surface area contributed by atoms with E-state index < -0.39 is 0 Å². The first-order chi connectivity index (χ1) is 29.3. The molecule has 4 nitrogen and oxygen atoms in total. The molecule has 0 aliphatic carbocycles. The van der Waals surface area contributed by atoms with Crippen molar-refractivity contribution in [2.75, 3.05) is 16.5 Å². The van der Waals surface area contributed by atoms with Gasteiger partial charge in [0, 0.05) is 17.4 Å². The zero-order valence-corrected chi connectivity index (χ0v) is 35.4. The Morgan fingerprint density at radius 2 is 1.10 bits per heavy atom. The van der Waals surface area contributed by atoms with Crippen LogP contribution in [-0.2, 0) is 21.1 Å². The number of para-hydroxylation sites is 4. The number of rotatable bonds is 8. The predicted octanol–water partition coefficient (Wildman–Crippen LogP) is 14.2. The zero-order chi connectivity index (χ0) is 39.1. The molecule has 0 atom stereocenters. The van der Waals surface area contributed by atoms with Gasteiger partial charge in [-0.25, -0.2) is 4.98 Å². The van der Waals surface area contributed by atoms with Crippen molar-refractivity contribution in [1.82, 2.24) is 9.55 Å². The molecule has 0 radical (unpaired) electrons. The van der Waals surface area contributed by atoms with E-state index in [1.807, 2.05) is 6.20 Å². The van der Waals surface area contributed by atoms with E-state index in [1.54, 1.807) is 11.8 Å². The van der Waals surface area contributed by atoms with Crippen molar-refractivity contribution >= 4 is 56.3 Å². The molecule has 8 aromatic carbocycles. The third kappa shape index (κ3) is 6.80. The van der Waals surface area contributed by atoms with Gasteiger partial charge in [0.15, 0.2) is 0 Å². The number of fused-ring (bicyclic) bond motifs is 4. The third-order valence-electron chi connectivity index (χ3n) is 11.1. The summed E-state index contributed by atoms with van der Waals surface area (Å²) in [6.45, 7) is 0.709. The number of aromatic nitrogens is 2. The quantitative estimate of drug-likeness (QED) is 0.142. The van der Waals surface area contributed by atoms with Crippen molar-refractivity contribution in [3.8, 4) is 39.2 Å². The number of anilines is 4. The maximum Gasteiger partial charge on any atom is 2.00 e. The second kappa shape index (κ2) is 16.2.